The second-order valence-electron chi connectivity index (χ2n) is 9.34. The maximum atomic E-state index is 16.1. The Hall–Kier alpha value is -1.90. The number of imidazole rings is 1. The van der Waals surface area contributed by atoms with Gasteiger partial charge in [0.2, 0.25) is 5.95 Å². The SMILES string of the molecule is CNc1nc(N)nc2c1ncn2[C@@H]1O[C@]2(F)COP(=O)(OCCSC(=O)C(C)(C)C)O[C@H]2[C@@]1(C)F. The average Bonchev–Trinajstić information content (AvgIpc) is 3.26. The quantitative estimate of drug-likeness (QED) is 0.412. The molecule has 35 heavy (non-hydrogen) atoms. The number of nitrogens with two attached hydrogens (primary N) is 1. The number of carbonyl (C=O) groups is 1. The highest BCUT2D eigenvalue weighted by Crippen LogP contribution is 2.63. The summed E-state index contributed by atoms with van der Waals surface area (Å²) in [4.78, 5) is 24.3. The number of phosphoric ester groups is 1. The Morgan fingerprint density at radius 1 is 1.43 bits per heavy atom. The summed E-state index contributed by atoms with van der Waals surface area (Å²) in [5.74, 6) is -2.45. The fraction of sp³-hybridized carbons (Fsp3) is 0.684. The molecule has 4 rings (SSSR count). The molecule has 0 saturated carbocycles. The number of halogens is 2. The highest BCUT2D eigenvalue weighted by molar-refractivity contribution is 8.13. The van der Waals surface area contributed by atoms with Crippen molar-refractivity contribution >= 4 is 47.6 Å². The maximum Gasteiger partial charge on any atom is 0.475 e. The first-order valence-electron chi connectivity index (χ1n) is 10.7. The van der Waals surface area contributed by atoms with Gasteiger partial charge in [0.15, 0.2) is 40.1 Å². The molecule has 0 radical (unpaired) electrons. The lowest BCUT2D eigenvalue weighted by Gasteiger charge is -2.36. The van der Waals surface area contributed by atoms with Crippen molar-refractivity contribution in [2.45, 2.75) is 51.6 Å². The average molecular weight is 536 g/mol. The second-order valence-corrected chi connectivity index (χ2v) is 12.0. The summed E-state index contributed by atoms with van der Waals surface area (Å²) in [7, 11) is -2.75. The third kappa shape index (κ3) is 4.77. The van der Waals surface area contributed by atoms with Crippen LogP contribution in [0.2, 0.25) is 0 Å². The first-order chi connectivity index (χ1) is 16.2. The zero-order chi connectivity index (χ0) is 25.8. The van der Waals surface area contributed by atoms with Crippen LogP contribution >= 0.6 is 19.6 Å². The van der Waals surface area contributed by atoms with Crippen molar-refractivity contribution in [2.75, 3.05) is 37.1 Å². The number of aromatic nitrogens is 4. The zero-order valence-electron chi connectivity index (χ0n) is 19.8. The monoisotopic (exact) mass is 536 g/mol. The van der Waals surface area contributed by atoms with Gasteiger partial charge in [-0.25, -0.2) is 18.3 Å². The van der Waals surface area contributed by atoms with Gasteiger partial charge < -0.3 is 15.8 Å². The molecule has 1 unspecified atom stereocenters. The van der Waals surface area contributed by atoms with Crippen LogP contribution in [0.4, 0.5) is 20.5 Å². The number of ether oxygens (including phenoxy) is 1. The zero-order valence-corrected chi connectivity index (χ0v) is 21.5. The van der Waals surface area contributed by atoms with E-state index in [1.807, 2.05) is 0 Å². The molecular formula is C19H27F2N6O6PS. The van der Waals surface area contributed by atoms with Crippen LogP contribution in [-0.4, -0.2) is 68.3 Å². The number of nitrogens with zero attached hydrogens (tertiary/aromatic N) is 4. The van der Waals surface area contributed by atoms with Crippen molar-refractivity contribution in [1.82, 2.24) is 19.5 Å². The third-order valence-electron chi connectivity index (χ3n) is 5.46. The Kier molecular flexibility index (Phi) is 6.65. The lowest BCUT2D eigenvalue weighted by Crippen LogP contribution is -2.51. The van der Waals surface area contributed by atoms with E-state index in [0.717, 1.165) is 23.3 Å². The smallest absolute Gasteiger partial charge is 0.371 e. The van der Waals surface area contributed by atoms with Gasteiger partial charge in [-0.1, -0.05) is 32.5 Å². The van der Waals surface area contributed by atoms with Crippen LogP contribution in [-0.2, 0) is 27.7 Å². The van der Waals surface area contributed by atoms with Crippen molar-refractivity contribution in [1.29, 1.82) is 0 Å². The highest BCUT2D eigenvalue weighted by atomic mass is 32.2. The molecule has 2 aromatic heterocycles. The molecule has 0 bridgehead atoms. The standard InChI is InChI=1S/C19H27F2N6O6PS/c1-17(2,3)15(28)35-7-6-30-34(29)31-8-19(21)13(33-34)18(4,20)14(32-19)27-9-24-10-11(23-5)25-16(22)26-12(10)27/h9,13-14H,6-8H2,1-5H3,(H3,22,23,25,26)/t13-,14+,18+,19+,34?/m0/s1. The van der Waals surface area contributed by atoms with E-state index >= 15 is 8.78 Å². The number of hydrogen-bond donors (Lipinski definition) is 2. The fourth-order valence-electron chi connectivity index (χ4n) is 3.71. The Bertz CT molecular complexity index is 1190. The Morgan fingerprint density at radius 2 is 2.14 bits per heavy atom. The molecule has 194 valence electrons. The van der Waals surface area contributed by atoms with Gasteiger partial charge in [0.1, 0.15) is 6.61 Å². The Morgan fingerprint density at radius 3 is 2.80 bits per heavy atom. The van der Waals surface area contributed by atoms with Gasteiger partial charge in [-0.2, -0.15) is 9.97 Å². The summed E-state index contributed by atoms with van der Waals surface area (Å²) in [6.07, 6.45) is -2.36. The molecule has 2 fully saturated rings. The largest absolute Gasteiger partial charge is 0.475 e. The second kappa shape index (κ2) is 8.89. The lowest BCUT2D eigenvalue weighted by molar-refractivity contribution is -0.219. The van der Waals surface area contributed by atoms with Crippen LogP contribution in [0, 0.1) is 5.41 Å². The van der Waals surface area contributed by atoms with E-state index < -0.39 is 43.7 Å². The summed E-state index contributed by atoms with van der Waals surface area (Å²) < 4.78 is 66.7. The van der Waals surface area contributed by atoms with Crippen LogP contribution in [0.1, 0.15) is 33.9 Å². The molecular weight excluding hydrogens is 509 g/mol. The van der Waals surface area contributed by atoms with Gasteiger partial charge in [-0.3, -0.25) is 22.9 Å². The highest BCUT2D eigenvalue weighted by Gasteiger charge is 2.70. The number of nitrogen functional groups attached to an aromatic ring is 1. The number of fused-ring (bicyclic) bond motifs is 2. The van der Waals surface area contributed by atoms with Crippen LogP contribution in [0.15, 0.2) is 6.33 Å². The predicted octanol–water partition coefficient (Wildman–Crippen LogP) is 3.22. The van der Waals surface area contributed by atoms with Gasteiger partial charge in [-0.05, 0) is 6.92 Å². The number of phosphoric acid groups is 1. The molecule has 12 nitrogen and oxygen atoms in total. The first-order valence-corrected chi connectivity index (χ1v) is 13.1. The van der Waals surface area contributed by atoms with Crippen molar-refractivity contribution in [3.8, 4) is 0 Å². The summed E-state index contributed by atoms with van der Waals surface area (Å²) in [6, 6.07) is 0. The normalized spacial score (nSPS) is 33.1. The number of alkyl halides is 2. The number of carbonyl (C=O) groups excluding carboxylic acids is 1. The van der Waals surface area contributed by atoms with Gasteiger partial charge in [0.05, 0.1) is 12.9 Å². The van der Waals surface area contributed by atoms with Gasteiger partial charge in [0, 0.05) is 18.2 Å². The summed E-state index contributed by atoms with van der Waals surface area (Å²) in [5.41, 5.74) is 2.98. The molecule has 5 atom stereocenters. The molecule has 0 amide bonds. The minimum absolute atomic E-state index is 0.0885. The van der Waals surface area contributed by atoms with E-state index in [4.69, 9.17) is 24.0 Å². The minimum atomic E-state index is -4.34. The molecule has 16 heteroatoms. The summed E-state index contributed by atoms with van der Waals surface area (Å²) in [5, 5.41) is 2.72. The number of anilines is 2. The van der Waals surface area contributed by atoms with E-state index in [0.29, 0.717) is 0 Å². The van der Waals surface area contributed by atoms with Gasteiger partial charge in [-0.15, -0.1) is 0 Å². The Labute approximate surface area is 204 Å². The topological polar surface area (TPSA) is 153 Å². The van der Waals surface area contributed by atoms with E-state index in [2.05, 4.69) is 20.3 Å². The predicted molar refractivity (Wildman–Crippen MR) is 124 cm³/mol. The van der Waals surface area contributed by atoms with Crippen LogP contribution < -0.4 is 11.1 Å². The van der Waals surface area contributed by atoms with Crippen LogP contribution in [0.25, 0.3) is 11.2 Å². The third-order valence-corrected chi connectivity index (χ3v) is 8.11. The minimum Gasteiger partial charge on any atom is -0.371 e. The molecule has 2 aliphatic rings. The molecule has 2 aliphatic heterocycles. The molecule has 2 saturated heterocycles. The first kappa shape index (κ1) is 26.2. The van der Waals surface area contributed by atoms with E-state index in [9.17, 15) is 9.36 Å². The lowest BCUT2D eigenvalue weighted by atomic mass is 9.97. The molecule has 0 aliphatic carbocycles. The van der Waals surface area contributed by atoms with Crippen LogP contribution in [0.5, 0.6) is 0 Å². The van der Waals surface area contributed by atoms with E-state index in [1.54, 1.807) is 27.8 Å². The van der Waals surface area contributed by atoms with E-state index in [-0.39, 0.29) is 40.4 Å². The van der Waals surface area contributed by atoms with Crippen molar-refractivity contribution in [3.63, 3.8) is 0 Å². The molecule has 2 aromatic rings. The van der Waals surface area contributed by atoms with Gasteiger partial charge >= 0.3 is 7.82 Å². The molecule has 0 aromatic carbocycles. The summed E-state index contributed by atoms with van der Waals surface area (Å²) in [6.45, 7) is 5.25. The number of rotatable bonds is 6. The van der Waals surface area contributed by atoms with Crippen molar-refractivity contribution in [3.05, 3.63) is 6.33 Å². The van der Waals surface area contributed by atoms with E-state index in [1.165, 1.54) is 6.33 Å². The Balaban J connectivity index is 1.53. The van der Waals surface area contributed by atoms with Crippen molar-refractivity contribution in [2.24, 2.45) is 5.41 Å². The summed E-state index contributed by atoms with van der Waals surface area (Å²) >= 11 is 0.986. The van der Waals surface area contributed by atoms with Crippen molar-refractivity contribution < 1.29 is 36.4 Å². The number of thioether (sulfide) groups is 1. The maximum absolute atomic E-state index is 16.1. The molecule has 4 heterocycles. The van der Waals surface area contributed by atoms with Gasteiger partial charge in [0.25, 0.3) is 5.85 Å². The number of hydrogen-bond acceptors (Lipinski definition) is 12. The number of nitrogens with one attached hydrogen (secondary N) is 1. The molecule has 3 N–H and O–H groups in total. The molecule has 0 spiro atoms. The van der Waals surface area contributed by atoms with Crippen LogP contribution in [0.3, 0.4) is 0 Å². The fourth-order valence-corrected chi connectivity index (χ4v) is 6.08.